The van der Waals surface area contributed by atoms with Gasteiger partial charge in [-0.15, -0.1) is 0 Å². The van der Waals surface area contributed by atoms with Crippen LogP contribution in [-0.2, 0) is 6.54 Å². The Kier molecular flexibility index (Phi) is 6.86. The van der Waals surface area contributed by atoms with Crippen LogP contribution in [-0.4, -0.2) is 18.1 Å². The van der Waals surface area contributed by atoms with Crippen molar-refractivity contribution in [2.45, 2.75) is 6.54 Å². The predicted molar refractivity (Wildman–Crippen MR) is 133 cm³/mol. The zero-order valence-electron chi connectivity index (χ0n) is 18.4. The lowest BCUT2D eigenvalue weighted by Crippen LogP contribution is -2.23. The van der Waals surface area contributed by atoms with Gasteiger partial charge in [0.05, 0.1) is 7.11 Å². The summed E-state index contributed by atoms with van der Waals surface area (Å²) in [6, 6.07) is 30.4. The highest BCUT2D eigenvalue weighted by Crippen LogP contribution is 2.29. The minimum absolute atomic E-state index is 0.132. The van der Waals surface area contributed by atoms with E-state index < -0.39 is 0 Å². The van der Waals surface area contributed by atoms with E-state index in [-0.39, 0.29) is 11.7 Å². The van der Waals surface area contributed by atoms with Crippen molar-refractivity contribution >= 4 is 18.1 Å². The van der Waals surface area contributed by atoms with Crippen LogP contribution in [0.1, 0.15) is 27.0 Å². The second-order valence-corrected chi connectivity index (χ2v) is 7.58. The summed E-state index contributed by atoms with van der Waals surface area (Å²) in [6.07, 6.45) is 4.08. The molecule has 0 spiro atoms. The van der Waals surface area contributed by atoms with Crippen molar-refractivity contribution in [1.29, 1.82) is 0 Å². The van der Waals surface area contributed by atoms with Gasteiger partial charge in [-0.1, -0.05) is 72.8 Å². The number of phenolic OH excluding ortho intramolecular Hbond substituents is 1. The molecule has 4 aromatic rings. The maximum absolute atomic E-state index is 12.6. The molecule has 0 aliphatic rings. The highest BCUT2D eigenvalue weighted by molar-refractivity contribution is 5.94. The first-order valence-electron chi connectivity index (χ1n) is 10.7. The maximum atomic E-state index is 12.6. The number of carbonyl (C=O) groups excluding carboxylic acids is 1. The first kappa shape index (κ1) is 21.9. The highest BCUT2D eigenvalue weighted by Gasteiger charge is 2.10. The number of carbonyl (C=O) groups is 1. The molecule has 0 aliphatic carbocycles. The Balaban J connectivity index is 1.56. The monoisotopic (exact) mass is 435 g/mol. The van der Waals surface area contributed by atoms with Crippen LogP contribution < -0.4 is 10.1 Å². The second kappa shape index (κ2) is 10.3. The number of rotatable bonds is 7. The Bertz CT molecular complexity index is 1260. The molecule has 0 atom stereocenters. The number of benzene rings is 4. The average molecular weight is 436 g/mol. The van der Waals surface area contributed by atoms with Crippen LogP contribution >= 0.6 is 0 Å². The Morgan fingerprint density at radius 1 is 0.818 bits per heavy atom. The third-order valence-electron chi connectivity index (χ3n) is 5.41. The topological polar surface area (TPSA) is 58.6 Å². The fraction of sp³-hybridized carbons (Fsp3) is 0.0690. The van der Waals surface area contributed by atoms with Gasteiger partial charge in [-0.2, -0.15) is 0 Å². The minimum Gasteiger partial charge on any atom is -0.508 e. The molecule has 2 N–H and O–H groups in total. The summed E-state index contributed by atoms with van der Waals surface area (Å²) >= 11 is 0. The summed E-state index contributed by atoms with van der Waals surface area (Å²) in [5, 5.41) is 12.5. The van der Waals surface area contributed by atoms with E-state index in [2.05, 4.69) is 29.6 Å². The number of aromatic hydroxyl groups is 1. The number of ether oxygens (including phenoxy) is 1. The Labute approximate surface area is 193 Å². The molecule has 164 valence electrons. The first-order chi connectivity index (χ1) is 16.1. The summed E-state index contributed by atoms with van der Waals surface area (Å²) in [5.41, 5.74) is 5.85. The smallest absolute Gasteiger partial charge is 0.251 e. The zero-order chi connectivity index (χ0) is 23.0. The molecule has 0 saturated carbocycles. The molecular weight excluding hydrogens is 410 g/mol. The lowest BCUT2D eigenvalue weighted by molar-refractivity contribution is 0.0951. The standard InChI is InChI=1S/C29H25NO3/c1-33-26-18-14-23(15-19-26)29(32)30-20-24-7-3-5-9-28(24)27-8-4-2-6-22(27)13-10-21-11-16-25(31)17-12-21/h2-19,31H,20H2,1H3,(H,30,32)/b13-10+. The zero-order valence-corrected chi connectivity index (χ0v) is 18.4. The largest absolute Gasteiger partial charge is 0.508 e. The van der Waals surface area contributed by atoms with Gasteiger partial charge >= 0.3 is 0 Å². The Morgan fingerprint density at radius 2 is 1.48 bits per heavy atom. The molecule has 0 radical (unpaired) electrons. The van der Waals surface area contributed by atoms with Crippen LogP contribution in [0.2, 0.25) is 0 Å². The van der Waals surface area contributed by atoms with Gasteiger partial charge in [-0.05, 0) is 64.2 Å². The summed E-state index contributed by atoms with van der Waals surface area (Å²) in [7, 11) is 1.60. The van der Waals surface area contributed by atoms with Crippen molar-refractivity contribution in [3.05, 3.63) is 119 Å². The van der Waals surface area contributed by atoms with E-state index >= 15 is 0 Å². The molecule has 0 fully saturated rings. The van der Waals surface area contributed by atoms with Gasteiger partial charge in [-0.25, -0.2) is 0 Å². The molecule has 0 unspecified atom stereocenters. The van der Waals surface area contributed by atoms with E-state index in [1.165, 1.54) is 0 Å². The number of phenols is 1. The number of hydrogen-bond donors (Lipinski definition) is 2. The predicted octanol–water partition coefficient (Wildman–Crippen LogP) is 6.17. The van der Waals surface area contributed by atoms with Crippen molar-refractivity contribution in [2.75, 3.05) is 7.11 Å². The van der Waals surface area contributed by atoms with Crippen molar-refractivity contribution in [2.24, 2.45) is 0 Å². The second-order valence-electron chi connectivity index (χ2n) is 7.58. The van der Waals surface area contributed by atoms with Crippen molar-refractivity contribution < 1.29 is 14.6 Å². The van der Waals surface area contributed by atoms with Crippen LogP contribution in [0.25, 0.3) is 23.3 Å². The van der Waals surface area contributed by atoms with Gasteiger partial charge in [0.1, 0.15) is 11.5 Å². The SMILES string of the molecule is COc1ccc(C(=O)NCc2ccccc2-c2ccccc2/C=C/c2ccc(O)cc2)cc1. The van der Waals surface area contributed by atoms with Crippen LogP contribution in [0.4, 0.5) is 0 Å². The molecule has 33 heavy (non-hydrogen) atoms. The quantitative estimate of drug-likeness (QED) is 0.341. The molecule has 0 heterocycles. The normalized spacial score (nSPS) is 10.8. The van der Waals surface area contributed by atoms with Gasteiger partial charge in [0, 0.05) is 12.1 Å². The third-order valence-corrected chi connectivity index (χ3v) is 5.41. The van der Waals surface area contributed by atoms with E-state index in [9.17, 15) is 9.90 Å². The summed E-state index contributed by atoms with van der Waals surface area (Å²) in [5.74, 6) is 0.833. The lowest BCUT2D eigenvalue weighted by Gasteiger charge is -2.13. The molecule has 1 amide bonds. The Morgan fingerprint density at radius 3 is 2.21 bits per heavy atom. The van der Waals surface area contributed by atoms with Crippen LogP contribution in [0.15, 0.2) is 97.1 Å². The molecule has 0 aromatic heterocycles. The lowest BCUT2D eigenvalue weighted by atomic mass is 9.94. The molecule has 0 aliphatic heterocycles. The van der Waals surface area contributed by atoms with Crippen molar-refractivity contribution in [3.63, 3.8) is 0 Å². The molecule has 0 saturated heterocycles. The molecule has 4 rings (SSSR count). The molecule has 4 heteroatoms. The number of nitrogens with one attached hydrogen (secondary N) is 1. The third kappa shape index (κ3) is 5.49. The average Bonchev–Trinajstić information content (AvgIpc) is 2.87. The van der Waals surface area contributed by atoms with Crippen molar-refractivity contribution in [1.82, 2.24) is 5.32 Å². The van der Waals surface area contributed by atoms with Gasteiger partial charge < -0.3 is 15.2 Å². The molecule has 4 aromatic carbocycles. The number of hydrogen-bond acceptors (Lipinski definition) is 3. The first-order valence-corrected chi connectivity index (χ1v) is 10.7. The van der Waals surface area contributed by atoms with Crippen LogP contribution in [0, 0.1) is 0 Å². The van der Waals surface area contributed by atoms with E-state index in [0.717, 1.165) is 27.8 Å². The molecular formula is C29H25NO3. The number of methoxy groups -OCH3 is 1. The van der Waals surface area contributed by atoms with E-state index in [4.69, 9.17) is 4.74 Å². The van der Waals surface area contributed by atoms with Crippen LogP contribution in [0.3, 0.4) is 0 Å². The van der Waals surface area contributed by atoms with Gasteiger partial charge in [0.25, 0.3) is 5.91 Å². The van der Waals surface area contributed by atoms with Gasteiger partial charge in [0.15, 0.2) is 0 Å². The fourth-order valence-corrected chi connectivity index (χ4v) is 3.62. The number of amides is 1. The van der Waals surface area contributed by atoms with Crippen molar-refractivity contribution in [3.8, 4) is 22.6 Å². The van der Waals surface area contributed by atoms with E-state index in [1.807, 2.05) is 48.5 Å². The molecule has 4 nitrogen and oxygen atoms in total. The van der Waals surface area contributed by atoms with E-state index in [1.54, 1.807) is 43.5 Å². The fourth-order valence-electron chi connectivity index (χ4n) is 3.62. The Hall–Kier alpha value is -4.31. The summed E-state index contributed by atoms with van der Waals surface area (Å²) in [4.78, 5) is 12.6. The summed E-state index contributed by atoms with van der Waals surface area (Å²) < 4.78 is 5.16. The van der Waals surface area contributed by atoms with E-state index in [0.29, 0.717) is 17.9 Å². The maximum Gasteiger partial charge on any atom is 0.251 e. The van der Waals surface area contributed by atoms with Gasteiger partial charge in [0.2, 0.25) is 0 Å². The minimum atomic E-state index is -0.132. The van der Waals surface area contributed by atoms with Crippen LogP contribution in [0.5, 0.6) is 11.5 Å². The highest BCUT2D eigenvalue weighted by atomic mass is 16.5. The summed E-state index contributed by atoms with van der Waals surface area (Å²) in [6.45, 7) is 0.414. The van der Waals surface area contributed by atoms with Gasteiger partial charge in [-0.3, -0.25) is 4.79 Å². The molecule has 0 bridgehead atoms.